The van der Waals surface area contributed by atoms with Crippen molar-refractivity contribution in [1.82, 2.24) is 15.3 Å². The molecule has 0 aliphatic carbocycles. The fourth-order valence-electron chi connectivity index (χ4n) is 1.48. The number of rotatable bonds is 4. The first-order valence-electron chi connectivity index (χ1n) is 5.64. The molecule has 0 unspecified atom stereocenters. The summed E-state index contributed by atoms with van der Waals surface area (Å²) in [6.07, 6.45) is 2.85. The SMILES string of the molecule is O=C(NCc1ccc(C(=O)O)nc1)c1ccnc(Cl)c1. The summed E-state index contributed by atoms with van der Waals surface area (Å²) < 4.78 is 0. The van der Waals surface area contributed by atoms with Crippen molar-refractivity contribution in [3.05, 3.63) is 58.6 Å². The van der Waals surface area contributed by atoms with Crippen LogP contribution in [0.25, 0.3) is 0 Å². The zero-order chi connectivity index (χ0) is 14.5. The highest BCUT2D eigenvalue weighted by Gasteiger charge is 2.07. The molecule has 0 radical (unpaired) electrons. The summed E-state index contributed by atoms with van der Waals surface area (Å²) in [5.41, 5.74) is 1.06. The molecule has 2 aromatic heterocycles. The number of amides is 1. The van der Waals surface area contributed by atoms with Crippen molar-refractivity contribution in [3.8, 4) is 0 Å². The summed E-state index contributed by atoms with van der Waals surface area (Å²) in [6.45, 7) is 0.242. The lowest BCUT2D eigenvalue weighted by Gasteiger charge is -2.05. The van der Waals surface area contributed by atoms with Crippen molar-refractivity contribution in [3.63, 3.8) is 0 Å². The molecule has 102 valence electrons. The maximum atomic E-state index is 11.8. The fraction of sp³-hybridized carbons (Fsp3) is 0.0769. The molecule has 0 atom stereocenters. The largest absolute Gasteiger partial charge is 0.477 e. The van der Waals surface area contributed by atoms with Gasteiger partial charge in [-0.15, -0.1) is 0 Å². The van der Waals surface area contributed by atoms with Gasteiger partial charge in [0.05, 0.1) is 0 Å². The number of carboxylic acids is 1. The van der Waals surface area contributed by atoms with Crippen LogP contribution in [-0.2, 0) is 6.54 Å². The van der Waals surface area contributed by atoms with E-state index in [0.29, 0.717) is 11.1 Å². The Hall–Kier alpha value is -2.47. The van der Waals surface area contributed by atoms with E-state index >= 15 is 0 Å². The Bertz CT molecular complexity index is 644. The number of hydrogen-bond donors (Lipinski definition) is 2. The molecule has 0 spiro atoms. The van der Waals surface area contributed by atoms with E-state index < -0.39 is 5.97 Å². The number of carbonyl (C=O) groups excluding carboxylic acids is 1. The molecule has 2 aromatic rings. The highest BCUT2D eigenvalue weighted by Crippen LogP contribution is 2.07. The summed E-state index contributed by atoms with van der Waals surface area (Å²) in [7, 11) is 0. The number of hydrogen-bond acceptors (Lipinski definition) is 4. The Morgan fingerprint density at radius 3 is 2.65 bits per heavy atom. The van der Waals surface area contributed by atoms with Gasteiger partial charge in [-0.25, -0.2) is 14.8 Å². The third-order valence-electron chi connectivity index (χ3n) is 2.49. The second-order valence-electron chi connectivity index (χ2n) is 3.91. The first-order chi connectivity index (χ1) is 9.56. The van der Waals surface area contributed by atoms with Gasteiger partial charge in [-0.05, 0) is 23.8 Å². The van der Waals surface area contributed by atoms with Crippen LogP contribution < -0.4 is 5.32 Å². The third kappa shape index (κ3) is 3.52. The first kappa shape index (κ1) is 14.0. The number of nitrogens with one attached hydrogen (secondary N) is 1. The molecular formula is C13H10ClN3O3. The molecule has 2 heterocycles. The van der Waals surface area contributed by atoms with Crippen molar-refractivity contribution in [2.45, 2.75) is 6.54 Å². The minimum absolute atomic E-state index is 0.0407. The standard InChI is InChI=1S/C13H10ClN3O3/c14-11-5-9(3-4-15-11)12(18)17-7-8-1-2-10(13(19)20)16-6-8/h1-6H,7H2,(H,17,18)(H,19,20). The van der Waals surface area contributed by atoms with E-state index in [2.05, 4.69) is 15.3 Å². The van der Waals surface area contributed by atoms with E-state index in [1.165, 1.54) is 24.5 Å². The van der Waals surface area contributed by atoms with Gasteiger partial charge in [-0.3, -0.25) is 4.79 Å². The number of carboxylic acid groups (broad SMARTS) is 1. The smallest absolute Gasteiger partial charge is 0.354 e. The lowest BCUT2D eigenvalue weighted by atomic mass is 10.2. The van der Waals surface area contributed by atoms with Crippen LogP contribution in [0.4, 0.5) is 0 Å². The Balaban J connectivity index is 1.98. The number of pyridine rings is 2. The summed E-state index contributed by atoms with van der Waals surface area (Å²) in [4.78, 5) is 30.0. The topological polar surface area (TPSA) is 92.2 Å². The maximum Gasteiger partial charge on any atom is 0.354 e. The summed E-state index contributed by atoms with van der Waals surface area (Å²) >= 11 is 5.70. The molecule has 0 fully saturated rings. The Morgan fingerprint density at radius 2 is 2.05 bits per heavy atom. The molecule has 0 bridgehead atoms. The van der Waals surface area contributed by atoms with Gasteiger partial charge in [0.15, 0.2) is 0 Å². The van der Waals surface area contributed by atoms with E-state index in [1.54, 1.807) is 12.1 Å². The average Bonchev–Trinajstić information content (AvgIpc) is 2.45. The van der Waals surface area contributed by atoms with E-state index in [1.807, 2.05) is 0 Å². The van der Waals surface area contributed by atoms with E-state index in [-0.39, 0.29) is 23.3 Å². The van der Waals surface area contributed by atoms with Crippen molar-refractivity contribution in [2.75, 3.05) is 0 Å². The molecule has 7 heteroatoms. The molecule has 2 rings (SSSR count). The van der Waals surface area contributed by atoms with Gasteiger partial charge >= 0.3 is 5.97 Å². The number of halogens is 1. The van der Waals surface area contributed by atoms with Crippen molar-refractivity contribution < 1.29 is 14.7 Å². The van der Waals surface area contributed by atoms with Gasteiger partial charge in [-0.1, -0.05) is 17.7 Å². The number of carbonyl (C=O) groups is 2. The van der Waals surface area contributed by atoms with Crippen LogP contribution in [0.5, 0.6) is 0 Å². The van der Waals surface area contributed by atoms with Gasteiger partial charge in [0.1, 0.15) is 10.8 Å². The predicted molar refractivity (Wildman–Crippen MR) is 71.6 cm³/mol. The van der Waals surface area contributed by atoms with Gasteiger partial charge < -0.3 is 10.4 Å². The van der Waals surface area contributed by atoms with Crippen LogP contribution >= 0.6 is 11.6 Å². The lowest BCUT2D eigenvalue weighted by molar-refractivity contribution is 0.0690. The summed E-state index contributed by atoms with van der Waals surface area (Å²) in [6, 6.07) is 5.99. The Labute approximate surface area is 119 Å². The normalized spacial score (nSPS) is 10.1. The van der Waals surface area contributed by atoms with Crippen LogP contribution in [0, 0.1) is 0 Å². The zero-order valence-electron chi connectivity index (χ0n) is 10.2. The van der Waals surface area contributed by atoms with Crippen molar-refractivity contribution >= 4 is 23.5 Å². The molecule has 1 amide bonds. The molecule has 2 N–H and O–H groups in total. The van der Waals surface area contributed by atoms with Crippen LogP contribution in [0.3, 0.4) is 0 Å². The van der Waals surface area contributed by atoms with Crippen molar-refractivity contribution in [2.24, 2.45) is 0 Å². The molecule has 6 nitrogen and oxygen atoms in total. The number of nitrogens with zero attached hydrogens (tertiary/aromatic N) is 2. The second-order valence-corrected chi connectivity index (χ2v) is 4.29. The van der Waals surface area contributed by atoms with Crippen LogP contribution in [-0.4, -0.2) is 27.0 Å². The van der Waals surface area contributed by atoms with E-state index in [4.69, 9.17) is 16.7 Å². The molecule has 0 aliphatic rings. The zero-order valence-corrected chi connectivity index (χ0v) is 11.0. The number of aromatic carboxylic acids is 1. The van der Waals surface area contributed by atoms with E-state index in [0.717, 1.165) is 0 Å². The maximum absolute atomic E-state index is 11.8. The molecule has 20 heavy (non-hydrogen) atoms. The molecular weight excluding hydrogens is 282 g/mol. The van der Waals surface area contributed by atoms with Gasteiger partial charge in [-0.2, -0.15) is 0 Å². The second kappa shape index (κ2) is 6.12. The van der Waals surface area contributed by atoms with Gasteiger partial charge in [0.2, 0.25) is 0 Å². The lowest BCUT2D eigenvalue weighted by Crippen LogP contribution is -2.23. The third-order valence-corrected chi connectivity index (χ3v) is 2.69. The number of aromatic nitrogens is 2. The van der Waals surface area contributed by atoms with Crippen LogP contribution in [0.15, 0.2) is 36.7 Å². The summed E-state index contributed by atoms with van der Waals surface area (Å²) in [5.74, 6) is -1.39. The van der Waals surface area contributed by atoms with Crippen LogP contribution in [0.2, 0.25) is 5.15 Å². The Kier molecular flexibility index (Phi) is 4.27. The molecule has 0 aliphatic heterocycles. The summed E-state index contributed by atoms with van der Waals surface area (Å²) in [5, 5.41) is 11.6. The minimum Gasteiger partial charge on any atom is -0.477 e. The van der Waals surface area contributed by atoms with Crippen LogP contribution in [0.1, 0.15) is 26.4 Å². The minimum atomic E-state index is -1.09. The molecule has 0 aromatic carbocycles. The predicted octanol–water partition coefficient (Wildman–Crippen LogP) is 1.76. The fourth-order valence-corrected chi connectivity index (χ4v) is 1.66. The average molecular weight is 292 g/mol. The molecule has 0 saturated heterocycles. The van der Waals surface area contributed by atoms with Gasteiger partial charge in [0, 0.05) is 24.5 Å². The monoisotopic (exact) mass is 291 g/mol. The van der Waals surface area contributed by atoms with E-state index in [9.17, 15) is 9.59 Å². The highest BCUT2D eigenvalue weighted by molar-refractivity contribution is 6.29. The van der Waals surface area contributed by atoms with Gasteiger partial charge in [0.25, 0.3) is 5.91 Å². The molecule has 0 saturated carbocycles. The Morgan fingerprint density at radius 1 is 1.25 bits per heavy atom. The van der Waals surface area contributed by atoms with Crippen molar-refractivity contribution in [1.29, 1.82) is 0 Å². The highest BCUT2D eigenvalue weighted by atomic mass is 35.5. The quantitative estimate of drug-likeness (QED) is 0.837. The first-order valence-corrected chi connectivity index (χ1v) is 6.02.